The second-order valence-corrected chi connectivity index (χ2v) is 5.23. The molecule has 0 atom stereocenters. The topological polar surface area (TPSA) is 30.5 Å². The lowest BCUT2D eigenvalue weighted by Crippen LogP contribution is -2.29. The van der Waals surface area contributed by atoms with Crippen molar-refractivity contribution in [1.82, 2.24) is 0 Å². The summed E-state index contributed by atoms with van der Waals surface area (Å²) in [5.74, 6) is 0.947. The van der Waals surface area contributed by atoms with Crippen molar-refractivity contribution < 1.29 is 9.47 Å². The average Bonchev–Trinajstić information content (AvgIpc) is 2.67. The molecule has 3 heteroatoms. The first-order chi connectivity index (χ1) is 9.03. The molecule has 0 saturated heterocycles. The molecule has 1 aliphatic rings. The van der Waals surface area contributed by atoms with Crippen LogP contribution in [0.1, 0.15) is 19.4 Å². The van der Waals surface area contributed by atoms with Crippen LogP contribution in [0, 0.1) is 6.92 Å². The van der Waals surface area contributed by atoms with Gasteiger partial charge in [-0.1, -0.05) is 23.8 Å². The molecule has 0 aliphatic carbocycles. The van der Waals surface area contributed by atoms with Gasteiger partial charge in [0.2, 0.25) is 5.79 Å². The largest absolute Gasteiger partial charge is 0.449 e. The highest BCUT2D eigenvalue weighted by Gasteiger charge is 2.33. The van der Waals surface area contributed by atoms with Gasteiger partial charge in [-0.25, -0.2) is 0 Å². The van der Waals surface area contributed by atoms with E-state index in [1.165, 1.54) is 5.56 Å². The van der Waals surface area contributed by atoms with Crippen LogP contribution in [0.2, 0.25) is 0 Å². The fraction of sp³-hybridized carbons (Fsp3) is 0.250. The zero-order valence-electron chi connectivity index (χ0n) is 11.4. The Morgan fingerprint density at radius 3 is 2.42 bits per heavy atom. The highest BCUT2D eigenvalue weighted by Crippen LogP contribution is 2.45. The third-order valence-corrected chi connectivity index (χ3v) is 3.01. The highest BCUT2D eigenvalue weighted by atomic mass is 16.7. The number of fused-ring (bicyclic) bond motifs is 1. The van der Waals surface area contributed by atoms with Crippen molar-refractivity contribution in [1.29, 1.82) is 0 Å². The van der Waals surface area contributed by atoms with E-state index < -0.39 is 5.79 Å². The monoisotopic (exact) mass is 255 g/mol. The third kappa shape index (κ3) is 2.36. The Bertz CT molecular complexity index is 603. The number of nitrogens with one attached hydrogen (secondary N) is 1. The van der Waals surface area contributed by atoms with Gasteiger partial charge in [-0.2, -0.15) is 0 Å². The summed E-state index contributed by atoms with van der Waals surface area (Å²) in [5, 5.41) is 3.36. The zero-order chi connectivity index (χ0) is 13.5. The predicted molar refractivity (Wildman–Crippen MR) is 76.2 cm³/mol. The van der Waals surface area contributed by atoms with E-state index in [-0.39, 0.29) is 0 Å². The van der Waals surface area contributed by atoms with Crippen LogP contribution in [0.4, 0.5) is 11.4 Å². The molecule has 0 unspecified atom stereocenters. The maximum Gasteiger partial charge on any atom is 0.246 e. The maximum atomic E-state index is 5.84. The van der Waals surface area contributed by atoms with Crippen LogP contribution in [-0.4, -0.2) is 5.79 Å². The molecule has 19 heavy (non-hydrogen) atoms. The van der Waals surface area contributed by atoms with Crippen LogP contribution < -0.4 is 14.8 Å². The first-order valence-corrected chi connectivity index (χ1v) is 6.38. The van der Waals surface area contributed by atoms with Gasteiger partial charge in [-0.05, 0) is 31.2 Å². The number of hydrogen-bond acceptors (Lipinski definition) is 3. The van der Waals surface area contributed by atoms with Crippen molar-refractivity contribution in [2.75, 3.05) is 5.32 Å². The molecular formula is C16H17NO2. The summed E-state index contributed by atoms with van der Waals surface area (Å²) in [4.78, 5) is 0. The molecule has 0 spiro atoms. The number of hydrogen-bond donors (Lipinski definition) is 1. The van der Waals surface area contributed by atoms with Crippen LogP contribution in [0.15, 0.2) is 42.5 Å². The standard InChI is InChI=1S/C16H17NO2/c1-11-7-9-12(10-8-11)17-13-5-4-6-14-15(13)19-16(2,3)18-14/h4-10,17H,1-3H3. The minimum atomic E-state index is -0.604. The molecule has 0 radical (unpaired) electrons. The van der Waals surface area contributed by atoms with Crippen molar-refractivity contribution in [3.8, 4) is 11.5 Å². The molecular weight excluding hydrogens is 238 g/mol. The molecule has 3 nitrogen and oxygen atoms in total. The van der Waals surface area contributed by atoms with E-state index in [9.17, 15) is 0 Å². The van der Waals surface area contributed by atoms with Gasteiger partial charge in [-0.3, -0.25) is 0 Å². The van der Waals surface area contributed by atoms with Crippen molar-refractivity contribution in [3.05, 3.63) is 48.0 Å². The van der Waals surface area contributed by atoms with E-state index >= 15 is 0 Å². The highest BCUT2D eigenvalue weighted by molar-refractivity contribution is 5.71. The Kier molecular flexibility index (Phi) is 2.63. The number of para-hydroxylation sites is 1. The molecule has 1 heterocycles. The van der Waals surface area contributed by atoms with E-state index in [2.05, 4.69) is 36.5 Å². The predicted octanol–water partition coefficient (Wildman–Crippen LogP) is 4.25. The minimum absolute atomic E-state index is 0.604. The van der Waals surface area contributed by atoms with E-state index in [0.29, 0.717) is 0 Å². The summed E-state index contributed by atoms with van der Waals surface area (Å²) in [6, 6.07) is 14.1. The molecule has 0 saturated carbocycles. The molecule has 2 aromatic rings. The lowest BCUT2D eigenvalue weighted by Gasteiger charge is -2.17. The quantitative estimate of drug-likeness (QED) is 0.870. The fourth-order valence-corrected chi connectivity index (χ4v) is 2.12. The summed E-state index contributed by atoms with van der Waals surface area (Å²) in [6.07, 6.45) is 0. The van der Waals surface area contributed by atoms with Gasteiger partial charge in [0.1, 0.15) is 0 Å². The second kappa shape index (κ2) is 4.19. The van der Waals surface area contributed by atoms with Crippen molar-refractivity contribution in [3.63, 3.8) is 0 Å². The van der Waals surface area contributed by atoms with Crippen LogP contribution in [0.3, 0.4) is 0 Å². The lowest BCUT2D eigenvalue weighted by atomic mass is 10.2. The molecule has 0 aromatic heterocycles. The van der Waals surface area contributed by atoms with E-state index in [0.717, 1.165) is 22.9 Å². The SMILES string of the molecule is Cc1ccc(Nc2cccc3c2OC(C)(C)O3)cc1. The number of benzene rings is 2. The Balaban J connectivity index is 1.91. The first-order valence-electron chi connectivity index (χ1n) is 6.38. The molecule has 1 aliphatic heterocycles. The van der Waals surface area contributed by atoms with Crippen LogP contribution in [0.5, 0.6) is 11.5 Å². The van der Waals surface area contributed by atoms with Crippen molar-refractivity contribution in [2.24, 2.45) is 0 Å². The molecule has 0 bridgehead atoms. The van der Waals surface area contributed by atoms with Crippen LogP contribution >= 0.6 is 0 Å². The molecule has 0 fully saturated rings. The van der Waals surface area contributed by atoms with Gasteiger partial charge in [-0.15, -0.1) is 0 Å². The fourth-order valence-electron chi connectivity index (χ4n) is 2.12. The van der Waals surface area contributed by atoms with E-state index in [4.69, 9.17) is 9.47 Å². The Hall–Kier alpha value is -2.16. The van der Waals surface area contributed by atoms with E-state index in [1.807, 2.05) is 32.0 Å². The molecule has 2 aromatic carbocycles. The lowest BCUT2D eigenvalue weighted by molar-refractivity contribution is -0.0428. The minimum Gasteiger partial charge on any atom is -0.449 e. The molecule has 1 N–H and O–H groups in total. The Morgan fingerprint density at radius 1 is 0.947 bits per heavy atom. The zero-order valence-corrected chi connectivity index (χ0v) is 11.4. The molecule has 3 rings (SSSR count). The van der Waals surface area contributed by atoms with Crippen molar-refractivity contribution >= 4 is 11.4 Å². The van der Waals surface area contributed by atoms with Gasteiger partial charge < -0.3 is 14.8 Å². The Labute approximate surface area is 113 Å². The number of anilines is 2. The summed E-state index contributed by atoms with van der Waals surface area (Å²) >= 11 is 0. The summed E-state index contributed by atoms with van der Waals surface area (Å²) in [6.45, 7) is 5.88. The summed E-state index contributed by atoms with van der Waals surface area (Å²) < 4.78 is 11.6. The molecule has 0 amide bonds. The number of ether oxygens (including phenoxy) is 2. The Morgan fingerprint density at radius 2 is 1.68 bits per heavy atom. The first kappa shape index (κ1) is 11.9. The third-order valence-electron chi connectivity index (χ3n) is 3.01. The molecule has 98 valence electrons. The van der Waals surface area contributed by atoms with Gasteiger partial charge in [0.05, 0.1) is 5.69 Å². The van der Waals surface area contributed by atoms with Crippen molar-refractivity contribution in [2.45, 2.75) is 26.6 Å². The van der Waals surface area contributed by atoms with Crippen LogP contribution in [0.25, 0.3) is 0 Å². The van der Waals surface area contributed by atoms with Gasteiger partial charge in [0.15, 0.2) is 11.5 Å². The summed E-state index contributed by atoms with van der Waals surface area (Å²) in [7, 11) is 0. The normalized spacial score (nSPS) is 15.3. The summed E-state index contributed by atoms with van der Waals surface area (Å²) in [5.41, 5.74) is 3.20. The van der Waals surface area contributed by atoms with Gasteiger partial charge in [0, 0.05) is 19.5 Å². The number of aryl methyl sites for hydroxylation is 1. The van der Waals surface area contributed by atoms with Gasteiger partial charge in [0.25, 0.3) is 0 Å². The second-order valence-electron chi connectivity index (χ2n) is 5.23. The average molecular weight is 255 g/mol. The van der Waals surface area contributed by atoms with Gasteiger partial charge >= 0.3 is 0 Å². The number of rotatable bonds is 2. The maximum absolute atomic E-state index is 5.84. The smallest absolute Gasteiger partial charge is 0.246 e. The van der Waals surface area contributed by atoms with Crippen LogP contribution in [-0.2, 0) is 0 Å². The van der Waals surface area contributed by atoms with E-state index in [1.54, 1.807) is 0 Å².